The number of rotatable bonds is 3. The summed E-state index contributed by atoms with van der Waals surface area (Å²) in [6.45, 7) is 6.06. The van der Waals surface area contributed by atoms with Gasteiger partial charge in [-0.2, -0.15) is 5.10 Å². The van der Waals surface area contributed by atoms with Gasteiger partial charge in [0.25, 0.3) is 0 Å². The number of hydrogen-bond acceptors (Lipinski definition) is 3. The maximum Gasteiger partial charge on any atom is 0.245 e. The molecule has 2 aromatic rings. The van der Waals surface area contributed by atoms with Gasteiger partial charge >= 0.3 is 0 Å². The number of para-hydroxylation sites is 1. The molecule has 0 fully saturated rings. The Labute approximate surface area is 147 Å². The van der Waals surface area contributed by atoms with Gasteiger partial charge in [0.05, 0.1) is 11.7 Å². The number of fused-ring (bicyclic) bond motifs is 1. The topological polar surface area (TPSA) is 67.2 Å². The fraction of sp³-hybridized carbons (Fsp3) is 0.421. The predicted octanol–water partition coefficient (Wildman–Crippen LogP) is 2.95. The molecule has 2 heterocycles. The Balaban J connectivity index is 1.79. The van der Waals surface area contributed by atoms with Crippen molar-refractivity contribution in [3.05, 3.63) is 42.1 Å². The van der Waals surface area contributed by atoms with Crippen molar-refractivity contribution in [2.45, 2.75) is 45.6 Å². The molecule has 3 rings (SSSR count). The highest BCUT2D eigenvalue weighted by atomic mass is 16.2. The van der Waals surface area contributed by atoms with E-state index in [4.69, 9.17) is 0 Å². The van der Waals surface area contributed by atoms with Crippen LogP contribution in [0.3, 0.4) is 0 Å². The van der Waals surface area contributed by atoms with Crippen molar-refractivity contribution in [2.75, 3.05) is 16.8 Å². The van der Waals surface area contributed by atoms with Crippen LogP contribution < -0.4 is 10.2 Å². The summed E-state index contributed by atoms with van der Waals surface area (Å²) in [5.41, 5.74) is 1.71. The highest BCUT2D eigenvalue weighted by molar-refractivity contribution is 6.03. The van der Waals surface area contributed by atoms with Crippen LogP contribution in [0.5, 0.6) is 0 Å². The number of benzene rings is 1. The summed E-state index contributed by atoms with van der Waals surface area (Å²) in [6.07, 6.45) is 3.79. The molecule has 1 N–H and O–H groups in total. The molecule has 1 aliphatic rings. The minimum Gasteiger partial charge on any atom is -0.309 e. The van der Waals surface area contributed by atoms with Gasteiger partial charge in [-0.25, -0.2) is 4.68 Å². The summed E-state index contributed by atoms with van der Waals surface area (Å²) < 4.78 is 1.77. The van der Waals surface area contributed by atoms with Crippen LogP contribution in [-0.4, -0.2) is 28.1 Å². The third-order valence-corrected chi connectivity index (χ3v) is 4.27. The van der Waals surface area contributed by atoms with Gasteiger partial charge < -0.3 is 10.2 Å². The second kappa shape index (κ2) is 6.70. The quantitative estimate of drug-likeness (QED) is 0.934. The number of nitrogens with one attached hydrogen (secondary N) is 1. The van der Waals surface area contributed by atoms with E-state index in [2.05, 4.69) is 10.4 Å². The molecule has 0 unspecified atom stereocenters. The molecule has 6 nitrogen and oxygen atoms in total. The summed E-state index contributed by atoms with van der Waals surface area (Å²) in [5, 5.41) is 7.16. The first kappa shape index (κ1) is 17.2. The molecule has 0 bridgehead atoms. The molecule has 2 amide bonds. The fourth-order valence-electron chi connectivity index (χ4n) is 3.12. The molecule has 0 saturated carbocycles. The molecular formula is C19H24N4O2. The van der Waals surface area contributed by atoms with Gasteiger partial charge in [0.1, 0.15) is 12.4 Å². The lowest BCUT2D eigenvalue weighted by Gasteiger charge is -2.24. The number of carbonyl (C=O) groups excluding carboxylic acids is 2. The molecule has 0 atom stereocenters. The summed E-state index contributed by atoms with van der Waals surface area (Å²) in [5.74, 6) is 0.397. The zero-order chi connectivity index (χ0) is 18.0. The molecule has 0 saturated heterocycles. The number of amides is 2. The number of aromatic nitrogens is 2. The number of anilines is 2. The van der Waals surface area contributed by atoms with E-state index in [0.717, 1.165) is 24.1 Å². The van der Waals surface area contributed by atoms with Gasteiger partial charge in [0, 0.05) is 18.2 Å². The first-order chi connectivity index (χ1) is 11.9. The van der Waals surface area contributed by atoms with Gasteiger partial charge in [-0.1, -0.05) is 18.2 Å². The minimum atomic E-state index is -0.239. The lowest BCUT2D eigenvalue weighted by Crippen LogP contribution is -2.38. The van der Waals surface area contributed by atoms with E-state index in [9.17, 15) is 9.59 Å². The summed E-state index contributed by atoms with van der Waals surface area (Å²) in [4.78, 5) is 26.6. The Kier molecular flexibility index (Phi) is 4.61. The summed E-state index contributed by atoms with van der Waals surface area (Å²) in [6, 6.07) is 9.56. The second-order valence-corrected chi connectivity index (χ2v) is 7.31. The van der Waals surface area contributed by atoms with Gasteiger partial charge in [-0.05, 0) is 45.2 Å². The lowest BCUT2D eigenvalue weighted by atomic mass is 10.1. The molecular weight excluding hydrogens is 316 g/mol. The van der Waals surface area contributed by atoms with Crippen molar-refractivity contribution in [1.82, 2.24) is 9.78 Å². The van der Waals surface area contributed by atoms with E-state index < -0.39 is 0 Å². The molecule has 0 radical (unpaired) electrons. The molecule has 6 heteroatoms. The third kappa shape index (κ3) is 3.73. The van der Waals surface area contributed by atoms with Crippen LogP contribution >= 0.6 is 0 Å². The molecule has 1 aromatic carbocycles. The number of aryl methyl sites for hydroxylation is 1. The largest absolute Gasteiger partial charge is 0.309 e. The SMILES string of the molecule is CC(C)(C)n1nccc1NC(=O)CN1C(=O)CCCc2ccccc21. The van der Waals surface area contributed by atoms with Crippen LogP contribution in [0.1, 0.15) is 39.2 Å². The van der Waals surface area contributed by atoms with Gasteiger partial charge in [-0.15, -0.1) is 0 Å². The average molecular weight is 340 g/mol. The Morgan fingerprint density at radius 3 is 2.72 bits per heavy atom. The Morgan fingerprint density at radius 2 is 1.96 bits per heavy atom. The molecule has 25 heavy (non-hydrogen) atoms. The van der Waals surface area contributed by atoms with Gasteiger partial charge in [0.15, 0.2) is 0 Å². The summed E-state index contributed by atoms with van der Waals surface area (Å²) >= 11 is 0. The molecule has 0 spiro atoms. The smallest absolute Gasteiger partial charge is 0.245 e. The van der Waals surface area contributed by atoms with Crippen molar-refractivity contribution in [2.24, 2.45) is 0 Å². The first-order valence-electron chi connectivity index (χ1n) is 8.59. The van der Waals surface area contributed by atoms with E-state index in [1.54, 1.807) is 21.8 Å². The van der Waals surface area contributed by atoms with E-state index in [0.29, 0.717) is 12.2 Å². The van der Waals surface area contributed by atoms with Gasteiger partial charge in [0.2, 0.25) is 11.8 Å². The van der Waals surface area contributed by atoms with Crippen LogP contribution in [-0.2, 0) is 21.5 Å². The fourth-order valence-corrected chi connectivity index (χ4v) is 3.12. The van der Waals surface area contributed by atoms with Crippen LogP contribution in [0.4, 0.5) is 11.5 Å². The highest BCUT2D eigenvalue weighted by Gasteiger charge is 2.25. The number of hydrogen-bond donors (Lipinski definition) is 1. The minimum absolute atomic E-state index is 0.00513. The Hall–Kier alpha value is -2.63. The van der Waals surface area contributed by atoms with Gasteiger partial charge in [-0.3, -0.25) is 9.59 Å². The highest BCUT2D eigenvalue weighted by Crippen LogP contribution is 2.27. The van der Waals surface area contributed by atoms with Crippen molar-refractivity contribution < 1.29 is 9.59 Å². The van der Waals surface area contributed by atoms with E-state index in [1.165, 1.54) is 0 Å². The van der Waals surface area contributed by atoms with Crippen molar-refractivity contribution in [3.63, 3.8) is 0 Å². The van der Waals surface area contributed by atoms with E-state index in [1.807, 2.05) is 45.0 Å². The second-order valence-electron chi connectivity index (χ2n) is 7.31. The molecule has 1 aromatic heterocycles. The van der Waals surface area contributed by atoms with Crippen LogP contribution in [0.2, 0.25) is 0 Å². The maximum absolute atomic E-state index is 12.6. The zero-order valence-corrected chi connectivity index (χ0v) is 15.0. The van der Waals surface area contributed by atoms with Crippen molar-refractivity contribution in [1.29, 1.82) is 0 Å². The monoisotopic (exact) mass is 340 g/mol. The third-order valence-electron chi connectivity index (χ3n) is 4.27. The molecule has 132 valence electrons. The standard InChI is InChI=1S/C19H24N4O2/c1-19(2,3)23-16(11-12-20-23)21-17(24)13-22-15-9-5-4-7-14(15)8-6-10-18(22)25/h4-5,7,9,11-12H,6,8,10,13H2,1-3H3,(H,21,24). The Morgan fingerprint density at radius 1 is 1.20 bits per heavy atom. The lowest BCUT2D eigenvalue weighted by molar-refractivity contribution is -0.121. The first-order valence-corrected chi connectivity index (χ1v) is 8.59. The van der Waals surface area contributed by atoms with E-state index in [-0.39, 0.29) is 23.9 Å². The predicted molar refractivity (Wildman–Crippen MR) is 97.6 cm³/mol. The van der Waals surface area contributed by atoms with Crippen molar-refractivity contribution in [3.8, 4) is 0 Å². The van der Waals surface area contributed by atoms with Crippen LogP contribution in [0, 0.1) is 0 Å². The normalized spacial score (nSPS) is 14.8. The summed E-state index contributed by atoms with van der Waals surface area (Å²) in [7, 11) is 0. The number of carbonyl (C=O) groups is 2. The zero-order valence-electron chi connectivity index (χ0n) is 15.0. The Bertz CT molecular complexity index is 789. The molecule has 0 aliphatic carbocycles. The van der Waals surface area contributed by atoms with Crippen molar-refractivity contribution >= 4 is 23.3 Å². The number of nitrogens with zero attached hydrogens (tertiary/aromatic N) is 3. The average Bonchev–Trinajstić information content (AvgIpc) is 2.95. The van der Waals surface area contributed by atoms with E-state index >= 15 is 0 Å². The maximum atomic E-state index is 12.6. The van der Waals surface area contributed by atoms with Crippen LogP contribution in [0.15, 0.2) is 36.5 Å². The van der Waals surface area contributed by atoms with Crippen LogP contribution in [0.25, 0.3) is 0 Å². The molecule has 1 aliphatic heterocycles.